The van der Waals surface area contributed by atoms with Crippen LogP contribution in [0.3, 0.4) is 0 Å². The van der Waals surface area contributed by atoms with Crippen molar-refractivity contribution in [1.82, 2.24) is 0 Å². The highest BCUT2D eigenvalue weighted by atomic mass is 35.5. The number of halogens is 1. The maximum atomic E-state index is 12.5. The third kappa shape index (κ3) is 2.63. The minimum Gasteiger partial charge on any atom is -0.447 e. The summed E-state index contributed by atoms with van der Waals surface area (Å²) in [6, 6.07) is 0. The Hall–Kier alpha value is -0.390. The van der Waals surface area contributed by atoms with E-state index >= 15 is 0 Å². The average molecular weight is 299 g/mol. The quantitative estimate of drug-likeness (QED) is 0.596. The van der Waals surface area contributed by atoms with Gasteiger partial charge < -0.3 is 18.9 Å². The Balaban J connectivity index is 3.27. The molecule has 0 amide bonds. The number of esters is 1. The normalized spacial score (nSPS) is 24.6. The summed E-state index contributed by atoms with van der Waals surface area (Å²) in [5, 5.41) is 8.72. The molecule has 1 aliphatic heterocycles. The first-order valence-corrected chi connectivity index (χ1v) is 7.40. The Labute approximate surface area is 110 Å². The summed E-state index contributed by atoms with van der Waals surface area (Å²) in [6.07, 6.45) is 0. The highest BCUT2D eigenvalue weighted by molar-refractivity contribution is 7.60. The molecular formula is C10H16ClO6P. The molecule has 6 nitrogen and oxygen atoms in total. The fourth-order valence-corrected chi connectivity index (χ4v) is 3.72. The molecule has 104 valence electrons. The highest BCUT2D eigenvalue weighted by Crippen LogP contribution is 2.61. The molecule has 18 heavy (non-hydrogen) atoms. The molecule has 0 saturated carbocycles. The van der Waals surface area contributed by atoms with Gasteiger partial charge in [-0.2, -0.15) is 0 Å². The average Bonchev–Trinajstić information content (AvgIpc) is 2.51. The number of aliphatic hydroxyl groups is 1. The predicted molar refractivity (Wildman–Crippen MR) is 65.3 cm³/mol. The lowest BCUT2D eigenvalue weighted by atomic mass is 10.1. The van der Waals surface area contributed by atoms with Crippen molar-refractivity contribution in [3.63, 3.8) is 0 Å². The number of aliphatic hydroxyl groups excluding tert-OH is 1. The van der Waals surface area contributed by atoms with E-state index in [-0.39, 0.29) is 23.6 Å². The van der Waals surface area contributed by atoms with Gasteiger partial charge in [-0.15, -0.1) is 0 Å². The van der Waals surface area contributed by atoms with Crippen LogP contribution in [-0.2, 0) is 23.1 Å². The van der Waals surface area contributed by atoms with Crippen molar-refractivity contribution in [2.24, 2.45) is 0 Å². The van der Waals surface area contributed by atoms with Crippen LogP contribution in [0.2, 0.25) is 0 Å². The van der Waals surface area contributed by atoms with E-state index in [1.165, 1.54) is 6.92 Å². The molecule has 0 aromatic rings. The van der Waals surface area contributed by atoms with E-state index in [0.29, 0.717) is 0 Å². The summed E-state index contributed by atoms with van der Waals surface area (Å²) in [5.74, 6) is -0.887. The lowest BCUT2D eigenvalue weighted by Gasteiger charge is -2.19. The molecule has 0 saturated heterocycles. The van der Waals surface area contributed by atoms with Crippen LogP contribution in [-0.4, -0.2) is 36.5 Å². The van der Waals surface area contributed by atoms with Crippen molar-refractivity contribution in [2.45, 2.75) is 26.4 Å². The van der Waals surface area contributed by atoms with E-state index in [9.17, 15) is 14.5 Å². The van der Waals surface area contributed by atoms with Gasteiger partial charge in [0.25, 0.3) is 0 Å². The van der Waals surface area contributed by atoms with E-state index < -0.39 is 25.8 Å². The van der Waals surface area contributed by atoms with Gasteiger partial charge in [0.1, 0.15) is 0 Å². The molecule has 0 radical (unpaired) electrons. The molecule has 0 aromatic carbocycles. The molecule has 0 spiro atoms. The first kappa shape index (κ1) is 15.7. The second-order valence-electron chi connectivity index (χ2n) is 3.77. The van der Waals surface area contributed by atoms with Gasteiger partial charge in [-0.3, -0.25) is 4.57 Å². The minimum absolute atomic E-state index is 0.0913. The van der Waals surface area contributed by atoms with Crippen LogP contribution in [0.25, 0.3) is 0 Å². The molecule has 1 rings (SSSR count). The standard InChI is InChI=1S/C10H16ClO6P/c1-4-15-18(14,16-5-2)7-8(11)10(3,6-12)17-9(7)13/h12H,4-6H2,1-3H3. The Kier molecular flexibility index (Phi) is 4.98. The number of carbonyl (C=O) groups is 1. The predicted octanol–water partition coefficient (Wildman–Crippen LogP) is 2.01. The maximum absolute atomic E-state index is 12.5. The summed E-state index contributed by atoms with van der Waals surface area (Å²) in [6.45, 7) is 4.32. The second kappa shape index (κ2) is 5.72. The monoisotopic (exact) mass is 298 g/mol. The highest BCUT2D eigenvalue weighted by Gasteiger charge is 2.51. The van der Waals surface area contributed by atoms with E-state index in [1.807, 2.05) is 0 Å². The van der Waals surface area contributed by atoms with Gasteiger partial charge in [0.2, 0.25) is 0 Å². The summed E-state index contributed by atoms with van der Waals surface area (Å²) >= 11 is 5.98. The maximum Gasteiger partial charge on any atom is 0.370 e. The molecule has 1 heterocycles. The zero-order valence-electron chi connectivity index (χ0n) is 10.4. The van der Waals surface area contributed by atoms with Crippen molar-refractivity contribution in [1.29, 1.82) is 0 Å². The van der Waals surface area contributed by atoms with Gasteiger partial charge in [-0.25, -0.2) is 4.79 Å². The molecule has 0 aliphatic carbocycles. The SMILES string of the molecule is CCOP(=O)(OCC)C1=C(Cl)C(C)(CO)OC1=O. The van der Waals surface area contributed by atoms with Crippen molar-refractivity contribution < 1.29 is 28.3 Å². The summed E-state index contributed by atoms with van der Waals surface area (Å²) in [5.41, 5.74) is -1.39. The number of hydrogen-bond donors (Lipinski definition) is 1. The molecule has 8 heteroatoms. The topological polar surface area (TPSA) is 82.1 Å². The molecule has 1 aliphatic rings. The van der Waals surface area contributed by atoms with Crippen LogP contribution in [0, 0.1) is 0 Å². The van der Waals surface area contributed by atoms with E-state index in [1.54, 1.807) is 13.8 Å². The Bertz CT molecular complexity index is 411. The van der Waals surface area contributed by atoms with Crippen LogP contribution in [0.5, 0.6) is 0 Å². The smallest absolute Gasteiger partial charge is 0.370 e. The second-order valence-corrected chi connectivity index (χ2v) is 6.11. The van der Waals surface area contributed by atoms with E-state index in [0.717, 1.165) is 0 Å². The number of rotatable bonds is 6. The van der Waals surface area contributed by atoms with Gasteiger partial charge in [0, 0.05) is 0 Å². The van der Waals surface area contributed by atoms with Gasteiger partial charge in [-0.05, 0) is 20.8 Å². The van der Waals surface area contributed by atoms with Gasteiger partial charge in [0.15, 0.2) is 10.9 Å². The molecular weight excluding hydrogens is 283 g/mol. The first-order chi connectivity index (χ1) is 8.34. The Morgan fingerprint density at radius 1 is 1.39 bits per heavy atom. The van der Waals surface area contributed by atoms with E-state index in [2.05, 4.69) is 0 Å². The summed E-state index contributed by atoms with van der Waals surface area (Å²) < 4.78 is 27.5. The van der Waals surface area contributed by atoms with Crippen molar-refractivity contribution in [2.75, 3.05) is 19.8 Å². The molecule has 1 unspecified atom stereocenters. The molecule has 1 atom stereocenters. The Morgan fingerprint density at radius 3 is 2.22 bits per heavy atom. The van der Waals surface area contributed by atoms with Gasteiger partial charge >= 0.3 is 13.6 Å². The third-order valence-corrected chi connectivity index (χ3v) is 5.23. The molecule has 0 fully saturated rings. The number of cyclic esters (lactones) is 1. The summed E-state index contributed by atoms with van der Waals surface area (Å²) in [4.78, 5) is 11.7. The molecule has 0 aromatic heterocycles. The van der Waals surface area contributed by atoms with Gasteiger partial charge in [-0.1, -0.05) is 11.6 Å². The zero-order valence-corrected chi connectivity index (χ0v) is 12.1. The van der Waals surface area contributed by atoms with Crippen molar-refractivity contribution >= 4 is 25.2 Å². The molecule has 1 N–H and O–H groups in total. The van der Waals surface area contributed by atoms with Crippen LogP contribution < -0.4 is 0 Å². The summed E-state index contributed by atoms with van der Waals surface area (Å²) in [7, 11) is -3.81. The number of ether oxygens (including phenoxy) is 1. The van der Waals surface area contributed by atoms with Crippen LogP contribution in [0.1, 0.15) is 20.8 Å². The fraction of sp³-hybridized carbons (Fsp3) is 0.700. The lowest BCUT2D eigenvalue weighted by Crippen LogP contribution is -2.30. The van der Waals surface area contributed by atoms with Crippen molar-refractivity contribution in [3.05, 3.63) is 10.3 Å². The lowest BCUT2D eigenvalue weighted by molar-refractivity contribution is -0.147. The largest absolute Gasteiger partial charge is 0.447 e. The molecule has 0 bridgehead atoms. The fourth-order valence-electron chi connectivity index (χ4n) is 1.48. The number of hydrogen-bond acceptors (Lipinski definition) is 6. The number of carbonyl (C=O) groups excluding carboxylic acids is 1. The van der Waals surface area contributed by atoms with Crippen LogP contribution in [0.15, 0.2) is 10.3 Å². The first-order valence-electron chi connectivity index (χ1n) is 5.48. The Morgan fingerprint density at radius 2 is 1.89 bits per heavy atom. The van der Waals surface area contributed by atoms with Crippen LogP contribution in [0.4, 0.5) is 0 Å². The minimum atomic E-state index is -3.81. The zero-order chi connectivity index (χ0) is 14.0. The van der Waals surface area contributed by atoms with E-state index in [4.69, 9.17) is 25.4 Å². The van der Waals surface area contributed by atoms with Gasteiger partial charge in [0.05, 0.1) is 24.9 Å². The van der Waals surface area contributed by atoms with Crippen LogP contribution >= 0.6 is 19.2 Å². The van der Waals surface area contributed by atoms with Crippen molar-refractivity contribution in [3.8, 4) is 0 Å². The third-order valence-electron chi connectivity index (χ3n) is 2.36.